The lowest BCUT2D eigenvalue weighted by Gasteiger charge is -2.45. The summed E-state index contributed by atoms with van der Waals surface area (Å²) < 4.78 is 0. The van der Waals surface area contributed by atoms with Crippen LogP contribution in [0.3, 0.4) is 0 Å². The van der Waals surface area contributed by atoms with Gasteiger partial charge in [0.25, 0.3) is 0 Å². The van der Waals surface area contributed by atoms with Crippen molar-refractivity contribution >= 4 is 5.91 Å². The van der Waals surface area contributed by atoms with Crippen molar-refractivity contribution in [3.05, 3.63) is 0 Å². The highest BCUT2D eigenvalue weighted by molar-refractivity contribution is 5.84. The molecule has 4 atom stereocenters. The Kier molecular flexibility index (Phi) is 2.61. The van der Waals surface area contributed by atoms with Crippen LogP contribution in [-0.4, -0.2) is 40.6 Å². The number of carbonyl (C=O) groups excluding carboxylic acids is 1. The Morgan fingerprint density at radius 2 is 2.28 bits per heavy atom. The molecule has 0 aromatic heterocycles. The third-order valence-electron chi connectivity index (χ3n) is 5.10. The molecule has 3 N–H and O–H groups in total. The van der Waals surface area contributed by atoms with Gasteiger partial charge in [-0.05, 0) is 31.6 Å². The number of carbonyl (C=O) groups is 1. The number of hydrogen-bond donors (Lipinski definition) is 2. The lowest BCUT2D eigenvalue weighted by Crippen LogP contribution is -2.59. The van der Waals surface area contributed by atoms with Crippen molar-refractivity contribution in [3.63, 3.8) is 0 Å². The van der Waals surface area contributed by atoms with Gasteiger partial charge in [0.05, 0.1) is 18.7 Å². The van der Waals surface area contributed by atoms with E-state index in [1.165, 1.54) is 0 Å². The first-order valence-corrected chi connectivity index (χ1v) is 6.71. The summed E-state index contributed by atoms with van der Waals surface area (Å²) in [6.07, 6.45) is 4.47. The number of nitriles is 1. The molecule has 3 fully saturated rings. The number of likely N-dealkylation sites (tertiary alicyclic amines) is 1. The number of nitrogens with two attached hydrogens (primary N) is 1. The summed E-state index contributed by atoms with van der Waals surface area (Å²) in [6, 6.07) is 1.49. The summed E-state index contributed by atoms with van der Waals surface area (Å²) in [5.41, 5.74) is 5.66. The number of aliphatic hydroxyl groups is 1. The summed E-state index contributed by atoms with van der Waals surface area (Å²) in [4.78, 5) is 14.2. The third kappa shape index (κ3) is 1.49. The lowest BCUT2D eigenvalue weighted by molar-refractivity contribution is -0.140. The smallest absolute Gasteiger partial charge is 0.241 e. The third-order valence-corrected chi connectivity index (χ3v) is 5.10. The van der Waals surface area contributed by atoms with Gasteiger partial charge >= 0.3 is 0 Å². The number of hydrogen-bond acceptors (Lipinski definition) is 4. The standard InChI is InChI=1S/C13H19N3O2/c14-6-9-4-8-5-10(8)16(9)12(18)11(15)13(7-17)2-1-3-13/h8-11,17H,1-5,7,15H2. The highest BCUT2D eigenvalue weighted by atomic mass is 16.3. The fourth-order valence-electron chi connectivity index (χ4n) is 3.51. The molecule has 5 nitrogen and oxygen atoms in total. The summed E-state index contributed by atoms with van der Waals surface area (Å²) in [5, 5.41) is 18.6. The fourth-order valence-corrected chi connectivity index (χ4v) is 3.51. The van der Waals surface area contributed by atoms with E-state index >= 15 is 0 Å². The Morgan fingerprint density at radius 1 is 1.56 bits per heavy atom. The molecule has 0 aromatic carbocycles. The van der Waals surface area contributed by atoms with Crippen molar-refractivity contribution in [1.29, 1.82) is 5.26 Å². The van der Waals surface area contributed by atoms with E-state index in [4.69, 9.17) is 11.0 Å². The molecule has 2 saturated carbocycles. The molecular formula is C13H19N3O2. The molecule has 98 valence electrons. The van der Waals surface area contributed by atoms with Crippen molar-refractivity contribution in [3.8, 4) is 6.07 Å². The molecule has 0 bridgehead atoms. The maximum atomic E-state index is 12.5. The maximum Gasteiger partial charge on any atom is 0.241 e. The van der Waals surface area contributed by atoms with E-state index in [2.05, 4.69) is 6.07 Å². The van der Waals surface area contributed by atoms with E-state index in [0.717, 1.165) is 32.1 Å². The zero-order valence-corrected chi connectivity index (χ0v) is 10.4. The van der Waals surface area contributed by atoms with Crippen LogP contribution < -0.4 is 5.73 Å². The van der Waals surface area contributed by atoms with Gasteiger partial charge in [-0.1, -0.05) is 6.42 Å². The second kappa shape index (κ2) is 3.94. The fraction of sp³-hybridized carbons (Fsp3) is 0.846. The van der Waals surface area contributed by atoms with Gasteiger partial charge < -0.3 is 15.7 Å². The van der Waals surface area contributed by atoms with Crippen molar-refractivity contribution in [1.82, 2.24) is 4.90 Å². The zero-order chi connectivity index (χ0) is 12.9. The van der Waals surface area contributed by atoms with Crippen molar-refractivity contribution < 1.29 is 9.90 Å². The summed E-state index contributed by atoms with van der Waals surface area (Å²) in [5.74, 6) is 0.387. The second-order valence-electron chi connectivity index (χ2n) is 6.04. The second-order valence-corrected chi connectivity index (χ2v) is 6.04. The highest BCUT2D eigenvalue weighted by Gasteiger charge is 2.57. The van der Waals surface area contributed by atoms with E-state index in [-0.39, 0.29) is 24.6 Å². The number of fused-ring (bicyclic) bond motifs is 1. The monoisotopic (exact) mass is 249 g/mol. The molecule has 2 aliphatic carbocycles. The van der Waals surface area contributed by atoms with Gasteiger partial charge in [-0.15, -0.1) is 0 Å². The molecule has 1 aliphatic heterocycles. The van der Waals surface area contributed by atoms with Gasteiger partial charge in [0.2, 0.25) is 5.91 Å². The zero-order valence-electron chi connectivity index (χ0n) is 10.4. The summed E-state index contributed by atoms with van der Waals surface area (Å²) in [7, 11) is 0. The highest BCUT2D eigenvalue weighted by Crippen LogP contribution is 2.49. The first-order chi connectivity index (χ1) is 8.63. The van der Waals surface area contributed by atoms with E-state index in [0.29, 0.717) is 5.92 Å². The minimum Gasteiger partial charge on any atom is -0.396 e. The summed E-state index contributed by atoms with van der Waals surface area (Å²) in [6.45, 7) is -0.0287. The maximum absolute atomic E-state index is 12.5. The molecule has 3 rings (SSSR count). The molecule has 5 heteroatoms. The van der Waals surface area contributed by atoms with Crippen molar-refractivity contribution in [2.75, 3.05) is 6.61 Å². The molecule has 4 unspecified atom stereocenters. The van der Waals surface area contributed by atoms with Gasteiger partial charge in [0.15, 0.2) is 0 Å². The van der Waals surface area contributed by atoms with Crippen LogP contribution in [0.1, 0.15) is 32.1 Å². The molecule has 18 heavy (non-hydrogen) atoms. The van der Waals surface area contributed by atoms with Crippen LogP contribution in [0.2, 0.25) is 0 Å². The normalized spacial score (nSPS) is 37.4. The van der Waals surface area contributed by atoms with Crippen LogP contribution >= 0.6 is 0 Å². The van der Waals surface area contributed by atoms with Crippen LogP contribution in [0, 0.1) is 22.7 Å². The largest absolute Gasteiger partial charge is 0.396 e. The SMILES string of the molecule is N#CC1CC2CC2N1C(=O)C(N)C1(CO)CCC1. The van der Waals surface area contributed by atoms with Gasteiger partial charge in [0, 0.05) is 11.5 Å². The minimum atomic E-state index is -0.647. The average Bonchev–Trinajstić information content (AvgIpc) is 2.99. The molecule has 3 aliphatic rings. The average molecular weight is 249 g/mol. The van der Waals surface area contributed by atoms with E-state index in [9.17, 15) is 9.90 Å². The quantitative estimate of drug-likeness (QED) is 0.736. The molecule has 0 radical (unpaired) electrons. The predicted octanol–water partition coefficient (Wildman–Crippen LogP) is -0.0107. The Morgan fingerprint density at radius 3 is 2.78 bits per heavy atom. The summed E-state index contributed by atoms with van der Waals surface area (Å²) >= 11 is 0. The van der Waals surface area contributed by atoms with Crippen molar-refractivity contribution in [2.45, 2.75) is 50.2 Å². The Balaban J connectivity index is 1.76. The Bertz CT molecular complexity index is 407. The van der Waals surface area contributed by atoms with Gasteiger partial charge in [-0.2, -0.15) is 5.26 Å². The van der Waals surface area contributed by atoms with Gasteiger partial charge in [0.1, 0.15) is 6.04 Å². The van der Waals surface area contributed by atoms with Crippen LogP contribution in [-0.2, 0) is 4.79 Å². The molecule has 1 saturated heterocycles. The lowest BCUT2D eigenvalue weighted by atomic mass is 9.64. The van der Waals surface area contributed by atoms with Crippen LogP contribution in [0.15, 0.2) is 0 Å². The predicted molar refractivity (Wildman–Crippen MR) is 64.1 cm³/mol. The van der Waals surface area contributed by atoms with Gasteiger partial charge in [-0.3, -0.25) is 4.79 Å². The molecule has 1 heterocycles. The number of aliphatic hydroxyl groups excluding tert-OH is 1. The first kappa shape index (κ1) is 11.9. The van der Waals surface area contributed by atoms with E-state index in [1.54, 1.807) is 4.90 Å². The molecular weight excluding hydrogens is 230 g/mol. The van der Waals surface area contributed by atoms with Crippen LogP contribution in [0.25, 0.3) is 0 Å². The van der Waals surface area contributed by atoms with E-state index < -0.39 is 11.5 Å². The van der Waals surface area contributed by atoms with Crippen LogP contribution in [0.5, 0.6) is 0 Å². The Hall–Kier alpha value is -1.12. The number of amides is 1. The molecule has 0 aromatic rings. The number of piperidine rings is 1. The van der Waals surface area contributed by atoms with E-state index in [1.807, 2.05) is 0 Å². The van der Waals surface area contributed by atoms with Crippen LogP contribution in [0.4, 0.5) is 0 Å². The minimum absolute atomic E-state index is 0.0287. The topological polar surface area (TPSA) is 90.4 Å². The van der Waals surface area contributed by atoms with Crippen molar-refractivity contribution in [2.24, 2.45) is 17.1 Å². The molecule has 0 spiro atoms. The first-order valence-electron chi connectivity index (χ1n) is 6.71. The molecule has 1 amide bonds. The Labute approximate surface area is 107 Å². The number of nitrogens with zero attached hydrogens (tertiary/aromatic N) is 2. The van der Waals surface area contributed by atoms with Gasteiger partial charge in [-0.25, -0.2) is 0 Å². The number of rotatable bonds is 3.